The van der Waals surface area contributed by atoms with Crippen molar-refractivity contribution in [3.8, 4) is 5.75 Å². The van der Waals surface area contributed by atoms with Gasteiger partial charge in [-0.25, -0.2) is 0 Å². The molecule has 152 valence electrons. The molecule has 0 radical (unpaired) electrons. The van der Waals surface area contributed by atoms with Gasteiger partial charge in [-0.05, 0) is 55.8 Å². The lowest BCUT2D eigenvalue weighted by atomic mass is 10.1. The third kappa shape index (κ3) is 5.38. The number of anilines is 2. The zero-order valence-electron chi connectivity index (χ0n) is 16.6. The fraction of sp³-hybridized carbons (Fsp3) is 0.318. The highest BCUT2D eigenvalue weighted by molar-refractivity contribution is 7.99. The summed E-state index contributed by atoms with van der Waals surface area (Å²) in [6.45, 7) is 2.27. The highest BCUT2D eigenvalue weighted by atomic mass is 32.2. The molecule has 1 N–H and O–H groups in total. The van der Waals surface area contributed by atoms with Crippen LogP contribution in [0, 0.1) is 0 Å². The standard InChI is InChI=1S/C22H24N2O4S/c1-15(25)16-5-10-20(28-2)17(12-16)13-29-14-21(26)23-18-6-8-19(9-7-18)24-11-3-4-22(24)27/h5-10,12H,3-4,11,13-14H2,1-2H3,(H,23,26). The number of nitrogens with one attached hydrogen (secondary N) is 1. The zero-order chi connectivity index (χ0) is 20.8. The van der Waals surface area contributed by atoms with Crippen molar-refractivity contribution in [2.24, 2.45) is 0 Å². The highest BCUT2D eigenvalue weighted by Gasteiger charge is 2.21. The first-order valence-electron chi connectivity index (χ1n) is 9.44. The molecule has 1 aliphatic heterocycles. The third-order valence-corrected chi connectivity index (χ3v) is 5.70. The van der Waals surface area contributed by atoms with Crippen LogP contribution in [0.15, 0.2) is 42.5 Å². The van der Waals surface area contributed by atoms with Gasteiger partial charge in [0.1, 0.15) is 5.75 Å². The lowest BCUT2D eigenvalue weighted by molar-refractivity contribution is -0.117. The minimum atomic E-state index is -0.110. The molecular weight excluding hydrogens is 388 g/mol. The molecule has 0 atom stereocenters. The molecule has 0 bridgehead atoms. The second-order valence-corrected chi connectivity index (χ2v) is 7.81. The van der Waals surface area contributed by atoms with Gasteiger partial charge in [0, 0.05) is 41.2 Å². The van der Waals surface area contributed by atoms with Crippen molar-refractivity contribution in [3.63, 3.8) is 0 Å². The first-order chi connectivity index (χ1) is 14.0. The van der Waals surface area contributed by atoms with Crippen LogP contribution in [-0.4, -0.2) is 37.0 Å². The van der Waals surface area contributed by atoms with E-state index in [1.807, 2.05) is 30.3 Å². The summed E-state index contributed by atoms with van der Waals surface area (Å²) in [5.41, 5.74) is 3.07. The summed E-state index contributed by atoms with van der Waals surface area (Å²) >= 11 is 1.45. The average Bonchev–Trinajstić information content (AvgIpc) is 3.14. The smallest absolute Gasteiger partial charge is 0.234 e. The molecule has 1 heterocycles. The average molecular weight is 413 g/mol. The van der Waals surface area contributed by atoms with Crippen molar-refractivity contribution in [1.82, 2.24) is 0 Å². The zero-order valence-corrected chi connectivity index (χ0v) is 17.4. The summed E-state index contributed by atoms with van der Waals surface area (Å²) in [5, 5.41) is 2.87. The van der Waals surface area contributed by atoms with Gasteiger partial charge < -0.3 is 15.0 Å². The van der Waals surface area contributed by atoms with Gasteiger partial charge in [0.2, 0.25) is 11.8 Å². The minimum Gasteiger partial charge on any atom is -0.496 e. The number of amides is 2. The molecule has 2 amide bonds. The van der Waals surface area contributed by atoms with Gasteiger partial charge in [0.15, 0.2) is 5.78 Å². The lowest BCUT2D eigenvalue weighted by Crippen LogP contribution is -2.23. The molecule has 1 fully saturated rings. The van der Waals surface area contributed by atoms with Crippen LogP contribution in [0.2, 0.25) is 0 Å². The Balaban J connectivity index is 1.52. The van der Waals surface area contributed by atoms with E-state index in [0.717, 1.165) is 24.2 Å². The van der Waals surface area contributed by atoms with E-state index in [-0.39, 0.29) is 23.4 Å². The predicted molar refractivity (Wildman–Crippen MR) is 116 cm³/mol. The Morgan fingerprint density at radius 2 is 1.93 bits per heavy atom. The molecule has 29 heavy (non-hydrogen) atoms. The Morgan fingerprint density at radius 3 is 2.55 bits per heavy atom. The monoisotopic (exact) mass is 412 g/mol. The molecular formula is C22H24N2O4S. The number of rotatable bonds is 8. The van der Waals surface area contributed by atoms with E-state index in [9.17, 15) is 14.4 Å². The third-order valence-electron chi connectivity index (χ3n) is 4.71. The predicted octanol–water partition coefficient (Wildman–Crippen LogP) is 3.90. The Hall–Kier alpha value is -2.80. The fourth-order valence-corrected chi connectivity index (χ4v) is 4.01. The Morgan fingerprint density at radius 1 is 1.17 bits per heavy atom. The van der Waals surface area contributed by atoms with E-state index >= 15 is 0 Å². The van der Waals surface area contributed by atoms with Gasteiger partial charge in [0.25, 0.3) is 0 Å². The molecule has 1 aliphatic rings. The number of hydrogen-bond acceptors (Lipinski definition) is 5. The molecule has 6 nitrogen and oxygen atoms in total. The number of ether oxygens (including phenoxy) is 1. The van der Waals surface area contributed by atoms with Gasteiger partial charge in [-0.2, -0.15) is 0 Å². The summed E-state index contributed by atoms with van der Waals surface area (Å²) in [6, 6.07) is 12.6. The lowest BCUT2D eigenvalue weighted by Gasteiger charge is -2.16. The quantitative estimate of drug-likeness (QED) is 0.666. The van der Waals surface area contributed by atoms with E-state index in [1.54, 1.807) is 24.1 Å². The van der Waals surface area contributed by atoms with Gasteiger partial charge in [-0.15, -0.1) is 11.8 Å². The maximum absolute atomic E-state index is 12.2. The number of ketones is 1. The van der Waals surface area contributed by atoms with E-state index in [4.69, 9.17) is 4.74 Å². The summed E-state index contributed by atoms with van der Waals surface area (Å²) in [4.78, 5) is 37.4. The van der Waals surface area contributed by atoms with Crippen LogP contribution < -0.4 is 15.0 Å². The molecule has 0 aliphatic carbocycles. The second kappa shape index (κ2) is 9.60. The SMILES string of the molecule is COc1ccc(C(C)=O)cc1CSCC(=O)Nc1ccc(N2CCCC2=O)cc1. The first-order valence-corrected chi connectivity index (χ1v) is 10.6. The maximum atomic E-state index is 12.2. The van der Waals surface area contributed by atoms with Crippen LogP contribution in [-0.2, 0) is 15.3 Å². The van der Waals surface area contributed by atoms with Gasteiger partial charge in [-0.1, -0.05) is 0 Å². The molecule has 0 spiro atoms. The molecule has 0 saturated carbocycles. The largest absolute Gasteiger partial charge is 0.496 e. The van der Waals surface area contributed by atoms with Crippen molar-refractivity contribution >= 4 is 40.7 Å². The van der Waals surface area contributed by atoms with E-state index in [1.165, 1.54) is 18.7 Å². The number of methoxy groups -OCH3 is 1. The summed E-state index contributed by atoms with van der Waals surface area (Å²) in [7, 11) is 1.59. The van der Waals surface area contributed by atoms with Crippen molar-refractivity contribution in [2.45, 2.75) is 25.5 Å². The Bertz CT molecular complexity index is 912. The van der Waals surface area contributed by atoms with Crippen molar-refractivity contribution < 1.29 is 19.1 Å². The number of thioether (sulfide) groups is 1. The number of Topliss-reactive ketones (excluding diaryl/α,β-unsaturated/α-hetero) is 1. The number of benzene rings is 2. The van der Waals surface area contributed by atoms with Crippen molar-refractivity contribution in [2.75, 3.05) is 29.6 Å². The number of nitrogens with zero attached hydrogens (tertiary/aromatic N) is 1. The van der Waals surface area contributed by atoms with E-state index < -0.39 is 0 Å². The van der Waals surface area contributed by atoms with E-state index in [0.29, 0.717) is 29.2 Å². The Labute approximate surface area is 174 Å². The summed E-state index contributed by atoms with van der Waals surface area (Å²) in [6.07, 6.45) is 1.48. The van der Waals surface area contributed by atoms with Crippen molar-refractivity contribution in [1.29, 1.82) is 0 Å². The number of carbonyl (C=O) groups excluding carboxylic acids is 3. The van der Waals surface area contributed by atoms with Crippen LogP contribution in [0.3, 0.4) is 0 Å². The van der Waals surface area contributed by atoms with Crippen LogP contribution in [0.25, 0.3) is 0 Å². The number of carbonyl (C=O) groups is 3. The Kier molecular flexibility index (Phi) is 6.93. The van der Waals surface area contributed by atoms with Gasteiger partial charge in [-0.3, -0.25) is 14.4 Å². The number of hydrogen-bond donors (Lipinski definition) is 1. The molecule has 2 aromatic carbocycles. The van der Waals surface area contributed by atoms with Crippen molar-refractivity contribution in [3.05, 3.63) is 53.6 Å². The normalized spacial score (nSPS) is 13.4. The second-order valence-electron chi connectivity index (χ2n) is 6.82. The van der Waals surface area contributed by atoms with E-state index in [2.05, 4.69) is 5.32 Å². The summed E-state index contributed by atoms with van der Waals surface area (Å²) in [5.74, 6) is 1.57. The van der Waals surface area contributed by atoms with Crippen LogP contribution in [0.4, 0.5) is 11.4 Å². The topological polar surface area (TPSA) is 75.7 Å². The van der Waals surface area contributed by atoms with Gasteiger partial charge >= 0.3 is 0 Å². The molecule has 1 saturated heterocycles. The highest BCUT2D eigenvalue weighted by Crippen LogP contribution is 2.26. The minimum absolute atomic E-state index is 0.00396. The van der Waals surface area contributed by atoms with Crippen LogP contribution >= 0.6 is 11.8 Å². The fourth-order valence-electron chi connectivity index (χ4n) is 3.21. The molecule has 0 aromatic heterocycles. The molecule has 3 rings (SSSR count). The molecule has 7 heteroatoms. The molecule has 0 unspecified atom stereocenters. The summed E-state index contributed by atoms with van der Waals surface area (Å²) < 4.78 is 5.34. The van der Waals surface area contributed by atoms with Gasteiger partial charge in [0.05, 0.1) is 12.9 Å². The van der Waals surface area contributed by atoms with Crippen LogP contribution in [0.1, 0.15) is 35.7 Å². The first kappa shape index (κ1) is 20.9. The van der Waals surface area contributed by atoms with Crippen LogP contribution in [0.5, 0.6) is 5.75 Å². The maximum Gasteiger partial charge on any atom is 0.234 e. The molecule has 2 aromatic rings.